The van der Waals surface area contributed by atoms with Crippen LogP contribution in [0.3, 0.4) is 0 Å². The first kappa shape index (κ1) is 16.1. The van der Waals surface area contributed by atoms with Gasteiger partial charge in [-0.25, -0.2) is 9.37 Å². The molecule has 5 nitrogen and oxygen atoms in total. The first-order chi connectivity index (χ1) is 11.6. The van der Waals surface area contributed by atoms with E-state index >= 15 is 0 Å². The van der Waals surface area contributed by atoms with Crippen molar-refractivity contribution in [3.63, 3.8) is 0 Å². The average molecular weight is 342 g/mol. The third kappa shape index (κ3) is 3.94. The molecule has 0 saturated heterocycles. The summed E-state index contributed by atoms with van der Waals surface area (Å²) < 4.78 is 12.9. The Kier molecular flexibility index (Phi) is 4.81. The number of carbonyl (C=O) groups excluding carboxylic acids is 1. The van der Waals surface area contributed by atoms with E-state index in [1.54, 1.807) is 31.5 Å². The molecule has 0 aliphatic heterocycles. The molecule has 0 aliphatic rings. The maximum atomic E-state index is 12.9. The molecule has 122 valence electrons. The average Bonchev–Trinajstić information content (AvgIpc) is 2.96. The molecule has 0 aliphatic carbocycles. The predicted molar refractivity (Wildman–Crippen MR) is 91.9 cm³/mol. The number of hydrogen-bond donors (Lipinski definition) is 2. The molecule has 0 atom stereocenters. The number of benzene rings is 1. The first-order valence-electron chi connectivity index (χ1n) is 7.29. The van der Waals surface area contributed by atoms with Crippen LogP contribution >= 0.6 is 11.3 Å². The monoisotopic (exact) mass is 342 g/mol. The van der Waals surface area contributed by atoms with Gasteiger partial charge in [0.15, 0.2) is 5.13 Å². The van der Waals surface area contributed by atoms with Crippen molar-refractivity contribution in [2.45, 2.75) is 13.5 Å². The minimum atomic E-state index is -0.299. The summed E-state index contributed by atoms with van der Waals surface area (Å²) >= 11 is 1.26. The lowest BCUT2D eigenvalue weighted by atomic mass is 10.2. The third-order valence-electron chi connectivity index (χ3n) is 3.30. The van der Waals surface area contributed by atoms with E-state index in [0.29, 0.717) is 27.9 Å². The summed E-state index contributed by atoms with van der Waals surface area (Å²) in [5.41, 5.74) is 2.34. The van der Waals surface area contributed by atoms with Crippen molar-refractivity contribution >= 4 is 28.1 Å². The van der Waals surface area contributed by atoms with Crippen LogP contribution in [0.2, 0.25) is 0 Å². The molecular formula is C17H15FN4OS. The fourth-order valence-corrected chi connectivity index (χ4v) is 2.98. The van der Waals surface area contributed by atoms with Gasteiger partial charge in [-0.1, -0.05) is 11.3 Å². The second kappa shape index (κ2) is 7.18. The molecule has 1 aromatic carbocycles. The van der Waals surface area contributed by atoms with E-state index in [1.807, 2.05) is 12.1 Å². The maximum Gasteiger partial charge on any atom is 0.263 e. The number of nitrogens with one attached hydrogen (secondary N) is 2. The van der Waals surface area contributed by atoms with Gasteiger partial charge in [-0.2, -0.15) is 0 Å². The van der Waals surface area contributed by atoms with Gasteiger partial charge in [-0.15, -0.1) is 0 Å². The Morgan fingerprint density at radius 2 is 1.88 bits per heavy atom. The summed E-state index contributed by atoms with van der Waals surface area (Å²) in [5.74, 6) is -0.471. The minimum Gasteiger partial charge on any atom is -0.347 e. The van der Waals surface area contributed by atoms with Gasteiger partial charge in [-0.05, 0) is 48.9 Å². The van der Waals surface area contributed by atoms with Crippen molar-refractivity contribution < 1.29 is 9.18 Å². The van der Waals surface area contributed by atoms with Crippen LogP contribution in [0.25, 0.3) is 0 Å². The quantitative estimate of drug-likeness (QED) is 0.742. The summed E-state index contributed by atoms with van der Waals surface area (Å²) in [6.07, 6.45) is 3.37. The van der Waals surface area contributed by atoms with Crippen LogP contribution < -0.4 is 10.6 Å². The van der Waals surface area contributed by atoms with E-state index in [9.17, 15) is 9.18 Å². The van der Waals surface area contributed by atoms with Crippen molar-refractivity contribution in [2.24, 2.45) is 0 Å². The standard InChI is InChI=1S/C17H15FN4OS/c1-11-15(16(23)20-10-12-6-8-19-9-7-12)24-17(21-11)22-14-4-2-13(18)3-5-14/h2-9H,10H2,1H3,(H,20,23)(H,21,22). The molecule has 3 rings (SSSR count). The Morgan fingerprint density at radius 3 is 2.58 bits per heavy atom. The second-order valence-electron chi connectivity index (χ2n) is 5.10. The van der Waals surface area contributed by atoms with E-state index in [4.69, 9.17) is 0 Å². The summed E-state index contributed by atoms with van der Waals surface area (Å²) in [4.78, 5) is 21.2. The molecule has 1 amide bonds. The summed E-state index contributed by atoms with van der Waals surface area (Å²) in [6, 6.07) is 9.67. The molecule has 2 N–H and O–H groups in total. The topological polar surface area (TPSA) is 66.9 Å². The number of nitrogens with zero attached hydrogens (tertiary/aromatic N) is 2. The van der Waals surface area contributed by atoms with Crippen LogP contribution in [-0.4, -0.2) is 15.9 Å². The molecular weight excluding hydrogens is 327 g/mol. The largest absolute Gasteiger partial charge is 0.347 e. The molecule has 0 fully saturated rings. The van der Waals surface area contributed by atoms with Crippen LogP contribution in [0.4, 0.5) is 15.2 Å². The van der Waals surface area contributed by atoms with Crippen LogP contribution in [0, 0.1) is 12.7 Å². The predicted octanol–water partition coefficient (Wildman–Crippen LogP) is 3.66. The highest BCUT2D eigenvalue weighted by molar-refractivity contribution is 7.17. The third-order valence-corrected chi connectivity index (χ3v) is 4.37. The maximum absolute atomic E-state index is 12.9. The van der Waals surface area contributed by atoms with Gasteiger partial charge in [-0.3, -0.25) is 9.78 Å². The van der Waals surface area contributed by atoms with Gasteiger partial charge in [0.25, 0.3) is 5.91 Å². The fraction of sp³-hybridized carbons (Fsp3) is 0.118. The number of halogens is 1. The van der Waals surface area contributed by atoms with Crippen LogP contribution in [0.5, 0.6) is 0 Å². The summed E-state index contributed by atoms with van der Waals surface area (Å²) in [5, 5.41) is 6.53. The number of aromatic nitrogens is 2. The van der Waals surface area contributed by atoms with Crippen molar-refractivity contribution in [1.29, 1.82) is 0 Å². The molecule has 0 saturated carbocycles. The lowest BCUT2D eigenvalue weighted by Crippen LogP contribution is -2.22. The van der Waals surface area contributed by atoms with Gasteiger partial charge in [0.1, 0.15) is 10.7 Å². The van der Waals surface area contributed by atoms with Crippen LogP contribution in [-0.2, 0) is 6.54 Å². The van der Waals surface area contributed by atoms with E-state index < -0.39 is 0 Å². The van der Waals surface area contributed by atoms with Gasteiger partial charge in [0.05, 0.1) is 5.69 Å². The number of hydrogen-bond acceptors (Lipinski definition) is 5. The van der Waals surface area contributed by atoms with Crippen molar-refractivity contribution in [3.05, 3.63) is 70.7 Å². The van der Waals surface area contributed by atoms with Crippen molar-refractivity contribution in [3.8, 4) is 0 Å². The lowest BCUT2D eigenvalue weighted by Gasteiger charge is -2.03. The smallest absolute Gasteiger partial charge is 0.263 e. The highest BCUT2D eigenvalue weighted by atomic mass is 32.1. The van der Waals surface area contributed by atoms with Gasteiger partial charge in [0, 0.05) is 24.6 Å². The Labute approximate surface area is 142 Å². The van der Waals surface area contributed by atoms with Gasteiger partial charge >= 0.3 is 0 Å². The fourth-order valence-electron chi connectivity index (χ4n) is 2.08. The number of aryl methyl sites for hydroxylation is 1. The summed E-state index contributed by atoms with van der Waals surface area (Å²) in [7, 11) is 0. The van der Waals surface area contributed by atoms with E-state index in [1.165, 1.54) is 23.5 Å². The molecule has 0 unspecified atom stereocenters. The van der Waals surface area contributed by atoms with E-state index in [-0.39, 0.29) is 11.7 Å². The first-order valence-corrected chi connectivity index (χ1v) is 8.10. The van der Waals surface area contributed by atoms with Crippen LogP contribution in [0.15, 0.2) is 48.8 Å². The molecule has 3 aromatic rings. The highest BCUT2D eigenvalue weighted by Gasteiger charge is 2.15. The number of thiazole rings is 1. The molecule has 2 heterocycles. The molecule has 24 heavy (non-hydrogen) atoms. The number of pyridine rings is 1. The van der Waals surface area contributed by atoms with Crippen LogP contribution in [0.1, 0.15) is 20.9 Å². The Balaban J connectivity index is 1.66. The number of rotatable bonds is 5. The molecule has 0 bridgehead atoms. The van der Waals surface area contributed by atoms with Gasteiger partial charge < -0.3 is 10.6 Å². The second-order valence-corrected chi connectivity index (χ2v) is 6.10. The zero-order valence-electron chi connectivity index (χ0n) is 12.9. The number of amides is 1. The number of anilines is 2. The zero-order chi connectivity index (χ0) is 16.9. The Hall–Kier alpha value is -2.80. The minimum absolute atomic E-state index is 0.172. The molecule has 0 spiro atoms. The van der Waals surface area contributed by atoms with E-state index in [0.717, 1.165) is 5.56 Å². The van der Waals surface area contributed by atoms with Crippen molar-refractivity contribution in [2.75, 3.05) is 5.32 Å². The Bertz CT molecular complexity index is 834. The summed E-state index contributed by atoms with van der Waals surface area (Å²) in [6.45, 7) is 2.22. The molecule has 0 radical (unpaired) electrons. The normalized spacial score (nSPS) is 10.4. The zero-order valence-corrected chi connectivity index (χ0v) is 13.7. The molecule has 2 aromatic heterocycles. The SMILES string of the molecule is Cc1nc(Nc2ccc(F)cc2)sc1C(=O)NCc1ccncc1. The molecule has 7 heteroatoms. The van der Waals surface area contributed by atoms with E-state index in [2.05, 4.69) is 20.6 Å². The van der Waals surface area contributed by atoms with Crippen molar-refractivity contribution in [1.82, 2.24) is 15.3 Å². The van der Waals surface area contributed by atoms with Gasteiger partial charge in [0.2, 0.25) is 0 Å². The Morgan fingerprint density at radius 1 is 1.17 bits per heavy atom. The lowest BCUT2D eigenvalue weighted by molar-refractivity contribution is 0.0954. The highest BCUT2D eigenvalue weighted by Crippen LogP contribution is 2.25. The number of carbonyl (C=O) groups is 1.